The summed E-state index contributed by atoms with van der Waals surface area (Å²) >= 11 is 7.37. The SMILES string of the molecule is CCCc1nc(CCCCl)cs1. The third-order valence-corrected chi connectivity index (χ3v) is 2.85. The number of halogens is 1. The molecule has 0 aliphatic carbocycles. The monoisotopic (exact) mass is 203 g/mol. The molecule has 0 saturated heterocycles. The number of hydrogen-bond acceptors (Lipinski definition) is 2. The molecule has 0 atom stereocenters. The third-order valence-electron chi connectivity index (χ3n) is 1.63. The van der Waals surface area contributed by atoms with Crippen LogP contribution in [0.3, 0.4) is 0 Å². The number of aryl methyl sites for hydroxylation is 2. The predicted molar refractivity (Wildman–Crippen MR) is 55.2 cm³/mol. The third kappa shape index (κ3) is 3.11. The van der Waals surface area contributed by atoms with Crippen LogP contribution in [0, 0.1) is 0 Å². The van der Waals surface area contributed by atoms with E-state index in [1.807, 2.05) is 0 Å². The summed E-state index contributed by atoms with van der Waals surface area (Å²) in [4.78, 5) is 4.50. The Labute approximate surface area is 82.8 Å². The maximum absolute atomic E-state index is 5.60. The van der Waals surface area contributed by atoms with Crippen molar-refractivity contribution in [3.8, 4) is 0 Å². The molecular weight excluding hydrogens is 190 g/mol. The van der Waals surface area contributed by atoms with Gasteiger partial charge in [0.15, 0.2) is 0 Å². The number of hydrogen-bond donors (Lipinski definition) is 0. The Bertz CT molecular complexity index is 222. The Morgan fingerprint density at radius 2 is 2.33 bits per heavy atom. The molecule has 68 valence electrons. The van der Waals surface area contributed by atoms with Gasteiger partial charge in [-0.1, -0.05) is 6.92 Å². The summed E-state index contributed by atoms with van der Waals surface area (Å²) < 4.78 is 0. The molecule has 0 amide bonds. The van der Waals surface area contributed by atoms with Crippen LogP contribution in [0.4, 0.5) is 0 Å². The molecule has 0 aliphatic heterocycles. The normalized spacial score (nSPS) is 10.5. The molecule has 1 rings (SSSR count). The highest BCUT2D eigenvalue weighted by Crippen LogP contribution is 2.13. The maximum atomic E-state index is 5.60. The minimum atomic E-state index is 0.737. The molecule has 0 radical (unpaired) electrons. The van der Waals surface area contributed by atoms with Crippen LogP contribution in [-0.2, 0) is 12.8 Å². The lowest BCUT2D eigenvalue weighted by atomic mass is 10.3. The van der Waals surface area contributed by atoms with E-state index in [9.17, 15) is 0 Å². The fourth-order valence-corrected chi connectivity index (χ4v) is 2.11. The average Bonchev–Trinajstić information content (AvgIpc) is 2.50. The number of thiazole rings is 1. The van der Waals surface area contributed by atoms with E-state index in [4.69, 9.17) is 11.6 Å². The first-order valence-corrected chi connectivity index (χ1v) is 5.77. The Balaban J connectivity index is 2.41. The van der Waals surface area contributed by atoms with Crippen molar-refractivity contribution in [2.24, 2.45) is 0 Å². The fourth-order valence-electron chi connectivity index (χ4n) is 1.04. The van der Waals surface area contributed by atoms with Crippen molar-refractivity contribution in [3.63, 3.8) is 0 Å². The Kier molecular flexibility index (Phi) is 4.62. The van der Waals surface area contributed by atoms with Crippen LogP contribution in [0.5, 0.6) is 0 Å². The molecule has 0 saturated carbocycles. The van der Waals surface area contributed by atoms with Gasteiger partial charge in [0, 0.05) is 11.3 Å². The zero-order valence-electron chi connectivity index (χ0n) is 7.35. The second-order valence-corrected chi connectivity index (χ2v) is 4.10. The Hall–Kier alpha value is -0.0800. The van der Waals surface area contributed by atoms with E-state index in [0.29, 0.717) is 0 Å². The van der Waals surface area contributed by atoms with Gasteiger partial charge < -0.3 is 0 Å². The van der Waals surface area contributed by atoms with E-state index in [1.54, 1.807) is 11.3 Å². The lowest BCUT2D eigenvalue weighted by molar-refractivity contribution is 0.860. The Morgan fingerprint density at radius 1 is 1.50 bits per heavy atom. The van der Waals surface area contributed by atoms with Crippen LogP contribution in [0.25, 0.3) is 0 Å². The summed E-state index contributed by atoms with van der Waals surface area (Å²) in [7, 11) is 0. The molecule has 0 fully saturated rings. The van der Waals surface area contributed by atoms with Crippen LogP contribution >= 0.6 is 22.9 Å². The van der Waals surface area contributed by atoms with Gasteiger partial charge in [0.2, 0.25) is 0 Å². The van der Waals surface area contributed by atoms with E-state index in [0.717, 1.165) is 25.1 Å². The largest absolute Gasteiger partial charge is 0.246 e. The first-order chi connectivity index (χ1) is 5.86. The molecule has 3 heteroatoms. The smallest absolute Gasteiger partial charge is 0.0928 e. The summed E-state index contributed by atoms with van der Waals surface area (Å²) in [6.45, 7) is 2.18. The van der Waals surface area contributed by atoms with Gasteiger partial charge in [-0.25, -0.2) is 4.98 Å². The van der Waals surface area contributed by atoms with Crippen molar-refractivity contribution < 1.29 is 0 Å². The van der Waals surface area contributed by atoms with Crippen LogP contribution in [-0.4, -0.2) is 10.9 Å². The molecular formula is C9H14ClNS. The van der Waals surface area contributed by atoms with Crippen molar-refractivity contribution in [1.29, 1.82) is 0 Å². The molecule has 0 bridgehead atoms. The van der Waals surface area contributed by atoms with Crippen LogP contribution in [0.1, 0.15) is 30.5 Å². The number of alkyl halides is 1. The summed E-state index contributed by atoms with van der Waals surface area (Å²) in [6.07, 6.45) is 4.37. The van der Waals surface area contributed by atoms with Gasteiger partial charge in [-0.15, -0.1) is 22.9 Å². The van der Waals surface area contributed by atoms with Gasteiger partial charge in [0.25, 0.3) is 0 Å². The first-order valence-electron chi connectivity index (χ1n) is 4.36. The van der Waals surface area contributed by atoms with Crippen LogP contribution < -0.4 is 0 Å². The van der Waals surface area contributed by atoms with E-state index >= 15 is 0 Å². The molecule has 0 spiro atoms. The number of nitrogens with zero attached hydrogens (tertiary/aromatic N) is 1. The van der Waals surface area contributed by atoms with Crippen LogP contribution in [0.15, 0.2) is 5.38 Å². The van der Waals surface area contributed by atoms with Gasteiger partial charge in [-0.2, -0.15) is 0 Å². The standard InChI is InChI=1S/C9H14ClNS/c1-2-4-9-11-8(7-12-9)5-3-6-10/h7H,2-6H2,1H3. The van der Waals surface area contributed by atoms with Gasteiger partial charge in [-0.3, -0.25) is 0 Å². The highest BCUT2D eigenvalue weighted by atomic mass is 35.5. The minimum Gasteiger partial charge on any atom is -0.246 e. The summed E-state index contributed by atoms with van der Waals surface area (Å²) in [5, 5.41) is 3.42. The molecule has 1 aromatic rings. The van der Waals surface area contributed by atoms with Crippen molar-refractivity contribution in [2.75, 3.05) is 5.88 Å². The minimum absolute atomic E-state index is 0.737. The fraction of sp³-hybridized carbons (Fsp3) is 0.667. The lowest BCUT2D eigenvalue weighted by Gasteiger charge is -1.91. The van der Waals surface area contributed by atoms with Crippen molar-refractivity contribution in [3.05, 3.63) is 16.1 Å². The zero-order chi connectivity index (χ0) is 8.81. The maximum Gasteiger partial charge on any atom is 0.0928 e. The van der Waals surface area contributed by atoms with Crippen molar-refractivity contribution >= 4 is 22.9 Å². The highest BCUT2D eigenvalue weighted by Gasteiger charge is 1.99. The second kappa shape index (κ2) is 5.55. The molecule has 12 heavy (non-hydrogen) atoms. The molecule has 1 aromatic heterocycles. The molecule has 0 aromatic carbocycles. The summed E-state index contributed by atoms with van der Waals surface area (Å²) in [6, 6.07) is 0. The van der Waals surface area contributed by atoms with Gasteiger partial charge in [-0.05, 0) is 25.7 Å². The zero-order valence-corrected chi connectivity index (χ0v) is 8.92. The molecule has 1 nitrogen and oxygen atoms in total. The first kappa shape index (κ1) is 10.0. The second-order valence-electron chi connectivity index (χ2n) is 2.78. The van der Waals surface area contributed by atoms with E-state index in [2.05, 4.69) is 17.3 Å². The molecule has 1 heterocycles. The van der Waals surface area contributed by atoms with E-state index < -0.39 is 0 Å². The summed E-state index contributed by atoms with van der Waals surface area (Å²) in [5.74, 6) is 0.737. The lowest BCUT2D eigenvalue weighted by Crippen LogP contribution is -1.87. The molecule has 0 aliphatic rings. The quantitative estimate of drug-likeness (QED) is 0.670. The highest BCUT2D eigenvalue weighted by molar-refractivity contribution is 7.09. The topological polar surface area (TPSA) is 12.9 Å². The number of aromatic nitrogens is 1. The van der Waals surface area contributed by atoms with Crippen LogP contribution in [0.2, 0.25) is 0 Å². The Morgan fingerprint density at radius 3 is 3.00 bits per heavy atom. The van der Waals surface area contributed by atoms with Crippen molar-refractivity contribution in [1.82, 2.24) is 4.98 Å². The van der Waals surface area contributed by atoms with Gasteiger partial charge >= 0.3 is 0 Å². The van der Waals surface area contributed by atoms with E-state index in [-0.39, 0.29) is 0 Å². The summed E-state index contributed by atoms with van der Waals surface area (Å²) in [5.41, 5.74) is 1.21. The molecule has 0 N–H and O–H groups in total. The van der Waals surface area contributed by atoms with E-state index in [1.165, 1.54) is 17.1 Å². The van der Waals surface area contributed by atoms with Crippen molar-refractivity contribution in [2.45, 2.75) is 32.6 Å². The van der Waals surface area contributed by atoms with Gasteiger partial charge in [0.05, 0.1) is 10.7 Å². The predicted octanol–water partition coefficient (Wildman–Crippen LogP) is 3.27. The number of rotatable bonds is 5. The van der Waals surface area contributed by atoms with Gasteiger partial charge in [0.1, 0.15) is 0 Å². The molecule has 0 unspecified atom stereocenters. The average molecular weight is 204 g/mol.